The van der Waals surface area contributed by atoms with Gasteiger partial charge in [-0.2, -0.15) is 0 Å². The second-order valence-electron chi connectivity index (χ2n) is 4.89. The van der Waals surface area contributed by atoms with E-state index in [-0.39, 0.29) is 5.69 Å². The summed E-state index contributed by atoms with van der Waals surface area (Å²) in [4.78, 5) is 15.9. The first-order valence-electron chi connectivity index (χ1n) is 6.38. The average molecular weight is 247 g/mol. The molecule has 1 atom stereocenters. The Morgan fingerprint density at radius 1 is 1.56 bits per heavy atom. The third-order valence-corrected chi connectivity index (χ3v) is 3.51. The van der Waals surface area contributed by atoms with Crippen LogP contribution in [-0.4, -0.2) is 31.8 Å². The fraction of sp³-hybridized carbons (Fsp3) is 0.583. The summed E-state index contributed by atoms with van der Waals surface area (Å²) in [7, 11) is 0. The summed E-state index contributed by atoms with van der Waals surface area (Å²) < 4.78 is 3.00. The standard InChI is InChI=1S/C12H17N5O/c1-9(10-2-3-10)14-5-7-17-12(18)16-6-4-13-8-11(16)15-17/h4,6,8-10,14H,2-3,5,7H2,1H3. The third-order valence-electron chi connectivity index (χ3n) is 3.51. The van der Waals surface area contributed by atoms with Crippen LogP contribution >= 0.6 is 0 Å². The van der Waals surface area contributed by atoms with Gasteiger partial charge in [0.05, 0.1) is 12.7 Å². The molecule has 2 aromatic heterocycles. The van der Waals surface area contributed by atoms with Crippen molar-refractivity contribution in [2.75, 3.05) is 6.54 Å². The van der Waals surface area contributed by atoms with Gasteiger partial charge >= 0.3 is 5.69 Å². The van der Waals surface area contributed by atoms with Gasteiger partial charge in [-0.05, 0) is 25.7 Å². The number of hydrogen-bond donors (Lipinski definition) is 1. The molecule has 6 nitrogen and oxygen atoms in total. The maximum Gasteiger partial charge on any atom is 0.350 e. The first-order valence-corrected chi connectivity index (χ1v) is 6.38. The minimum Gasteiger partial charge on any atom is -0.312 e. The molecule has 1 saturated carbocycles. The summed E-state index contributed by atoms with van der Waals surface area (Å²) in [5.74, 6) is 0.826. The largest absolute Gasteiger partial charge is 0.350 e. The van der Waals surface area contributed by atoms with Crippen LogP contribution in [0.2, 0.25) is 0 Å². The molecule has 0 amide bonds. The van der Waals surface area contributed by atoms with E-state index >= 15 is 0 Å². The first kappa shape index (κ1) is 11.4. The number of fused-ring (bicyclic) bond motifs is 1. The highest BCUT2D eigenvalue weighted by molar-refractivity contribution is 5.31. The van der Waals surface area contributed by atoms with Crippen LogP contribution in [0.1, 0.15) is 19.8 Å². The van der Waals surface area contributed by atoms with Gasteiger partial charge in [0, 0.05) is 25.0 Å². The molecule has 2 heterocycles. The molecule has 1 aliphatic rings. The topological polar surface area (TPSA) is 64.2 Å². The Balaban J connectivity index is 1.67. The number of hydrogen-bond acceptors (Lipinski definition) is 4. The van der Waals surface area contributed by atoms with Crippen LogP contribution in [-0.2, 0) is 6.54 Å². The van der Waals surface area contributed by atoms with E-state index in [9.17, 15) is 4.79 Å². The van der Waals surface area contributed by atoms with E-state index in [1.807, 2.05) is 0 Å². The predicted molar refractivity (Wildman–Crippen MR) is 67.4 cm³/mol. The molecule has 6 heteroatoms. The van der Waals surface area contributed by atoms with Crippen LogP contribution in [0.3, 0.4) is 0 Å². The van der Waals surface area contributed by atoms with E-state index in [4.69, 9.17) is 0 Å². The highest BCUT2D eigenvalue weighted by atomic mass is 16.2. The lowest BCUT2D eigenvalue weighted by Gasteiger charge is -2.11. The fourth-order valence-corrected chi connectivity index (χ4v) is 2.19. The zero-order valence-electron chi connectivity index (χ0n) is 10.4. The van der Waals surface area contributed by atoms with Crippen molar-refractivity contribution in [2.45, 2.75) is 32.4 Å². The van der Waals surface area contributed by atoms with E-state index in [1.54, 1.807) is 18.6 Å². The summed E-state index contributed by atoms with van der Waals surface area (Å²) in [5, 5.41) is 7.67. The van der Waals surface area contributed by atoms with Crippen LogP contribution < -0.4 is 11.0 Å². The molecule has 0 bridgehead atoms. The highest BCUT2D eigenvalue weighted by Crippen LogP contribution is 2.32. The molecule has 1 aliphatic carbocycles. The molecular weight excluding hydrogens is 230 g/mol. The molecule has 0 radical (unpaired) electrons. The molecule has 1 unspecified atom stereocenters. The zero-order chi connectivity index (χ0) is 12.5. The summed E-state index contributed by atoms with van der Waals surface area (Å²) in [5.41, 5.74) is 0.492. The van der Waals surface area contributed by atoms with Crippen molar-refractivity contribution < 1.29 is 0 Å². The molecule has 3 rings (SSSR count). The van der Waals surface area contributed by atoms with Crippen molar-refractivity contribution in [2.24, 2.45) is 5.92 Å². The minimum absolute atomic E-state index is 0.103. The average Bonchev–Trinajstić information content (AvgIpc) is 3.17. The minimum atomic E-state index is -0.103. The number of nitrogens with one attached hydrogen (secondary N) is 1. The fourth-order valence-electron chi connectivity index (χ4n) is 2.19. The number of aromatic nitrogens is 4. The van der Waals surface area contributed by atoms with Crippen molar-refractivity contribution in [3.05, 3.63) is 29.1 Å². The van der Waals surface area contributed by atoms with E-state index < -0.39 is 0 Å². The lowest BCUT2D eigenvalue weighted by Crippen LogP contribution is -2.33. The lowest BCUT2D eigenvalue weighted by atomic mass is 10.2. The van der Waals surface area contributed by atoms with Gasteiger partial charge < -0.3 is 5.32 Å². The third kappa shape index (κ3) is 2.15. The normalized spacial score (nSPS) is 17.2. The lowest BCUT2D eigenvalue weighted by molar-refractivity contribution is 0.458. The second-order valence-corrected chi connectivity index (χ2v) is 4.89. The first-order chi connectivity index (χ1) is 8.75. The highest BCUT2D eigenvalue weighted by Gasteiger charge is 2.27. The van der Waals surface area contributed by atoms with Crippen molar-refractivity contribution >= 4 is 5.65 Å². The van der Waals surface area contributed by atoms with Crippen LogP contribution in [0.15, 0.2) is 23.4 Å². The van der Waals surface area contributed by atoms with Gasteiger partial charge in [0.25, 0.3) is 0 Å². The summed E-state index contributed by atoms with van der Waals surface area (Å²) >= 11 is 0. The Kier molecular flexibility index (Phi) is 2.87. The SMILES string of the molecule is CC(NCCn1nc2cnccn2c1=O)C1CC1. The maximum absolute atomic E-state index is 12.0. The monoisotopic (exact) mass is 247 g/mol. The molecule has 1 N–H and O–H groups in total. The molecule has 2 aromatic rings. The molecule has 96 valence electrons. The van der Waals surface area contributed by atoms with Crippen LogP contribution in [0.4, 0.5) is 0 Å². The molecule has 18 heavy (non-hydrogen) atoms. The molecule has 0 aliphatic heterocycles. The number of nitrogens with zero attached hydrogens (tertiary/aromatic N) is 4. The van der Waals surface area contributed by atoms with Crippen molar-refractivity contribution in [3.63, 3.8) is 0 Å². The van der Waals surface area contributed by atoms with Crippen molar-refractivity contribution in [3.8, 4) is 0 Å². The molecular formula is C12H17N5O. The molecule has 0 aromatic carbocycles. The Morgan fingerprint density at radius 2 is 2.39 bits per heavy atom. The Hall–Kier alpha value is -1.69. The van der Waals surface area contributed by atoms with Gasteiger partial charge in [-0.25, -0.2) is 13.9 Å². The van der Waals surface area contributed by atoms with Crippen LogP contribution in [0.25, 0.3) is 5.65 Å². The van der Waals surface area contributed by atoms with Crippen molar-refractivity contribution in [1.82, 2.24) is 24.5 Å². The van der Waals surface area contributed by atoms with Crippen molar-refractivity contribution in [1.29, 1.82) is 0 Å². The smallest absolute Gasteiger partial charge is 0.312 e. The van der Waals surface area contributed by atoms with Gasteiger partial charge in [0.15, 0.2) is 5.65 Å². The summed E-state index contributed by atoms with van der Waals surface area (Å²) in [6.07, 6.45) is 7.48. The number of rotatable bonds is 5. The molecule has 0 spiro atoms. The van der Waals surface area contributed by atoms with Crippen LogP contribution in [0.5, 0.6) is 0 Å². The van der Waals surface area contributed by atoms with Gasteiger partial charge in [-0.1, -0.05) is 0 Å². The summed E-state index contributed by atoms with van der Waals surface area (Å²) in [6.45, 7) is 3.57. The molecule has 1 fully saturated rings. The van der Waals surface area contributed by atoms with Gasteiger partial charge in [0.2, 0.25) is 0 Å². The van der Waals surface area contributed by atoms with Gasteiger partial charge in [-0.15, -0.1) is 5.10 Å². The van der Waals surface area contributed by atoms with E-state index in [0.717, 1.165) is 12.5 Å². The Labute approximate surface area is 105 Å². The quantitative estimate of drug-likeness (QED) is 0.824. The second kappa shape index (κ2) is 4.53. The maximum atomic E-state index is 12.0. The van der Waals surface area contributed by atoms with E-state index in [2.05, 4.69) is 22.3 Å². The predicted octanol–water partition coefficient (Wildman–Crippen LogP) is 0.279. The van der Waals surface area contributed by atoms with Gasteiger partial charge in [-0.3, -0.25) is 4.98 Å². The van der Waals surface area contributed by atoms with E-state index in [1.165, 1.54) is 21.9 Å². The van der Waals surface area contributed by atoms with Crippen LogP contribution in [0, 0.1) is 5.92 Å². The summed E-state index contributed by atoms with van der Waals surface area (Å²) in [6, 6.07) is 0.541. The van der Waals surface area contributed by atoms with Gasteiger partial charge in [0.1, 0.15) is 0 Å². The molecule has 0 saturated heterocycles. The Bertz CT molecular complexity index is 598. The zero-order valence-corrected chi connectivity index (χ0v) is 10.4. The Morgan fingerprint density at radius 3 is 3.11 bits per heavy atom. The van der Waals surface area contributed by atoms with E-state index in [0.29, 0.717) is 18.2 Å².